The number of benzene rings is 3. The SMILES string of the molecule is COc1ccc(S(=O)(=O)N(CCO)CCO[C@H]2C[C@@H](c3ccc(Cl)cc3)C=C(C(=O)N3CCN(Cc4ccccc4)CC3)O2)cc1. The van der Waals surface area contributed by atoms with Gasteiger partial charge in [-0.15, -0.1) is 0 Å². The van der Waals surface area contributed by atoms with Crippen LogP contribution in [0.25, 0.3) is 0 Å². The standard InChI is InChI=1S/C34H40ClN3O7S/c1-43-30-11-13-31(14-12-30)46(41,42)38(19-21-39)20-22-44-33-24-28(27-7-9-29(35)10-8-27)23-32(45-33)34(40)37-17-15-36(16-18-37)25-26-5-3-2-4-6-26/h2-14,23,28,33,39H,15-22,24-25H2,1H3/t28-,33+/m0/s1. The molecule has 3 aromatic carbocycles. The van der Waals surface area contributed by atoms with Gasteiger partial charge in [-0.1, -0.05) is 54.1 Å². The van der Waals surface area contributed by atoms with Gasteiger partial charge in [0.15, 0.2) is 5.76 Å². The van der Waals surface area contributed by atoms with E-state index in [1.54, 1.807) is 29.2 Å². The van der Waals surface area contributed by atoms with E-state index in [1.165, 1.54) is 29.1 Å². The Morgan fingerprint density at radius 1 is 0.978 bits per heavy atom. The number of aliphatic hydroxyl groups is 1. The number of halogens is 1. The van der Waals surface area contributed by atoms with Crippen molar-refractivity contribution in [1.82, 2.24) is 14.1 Å². The molecule has 2 aliphatic rings. The molecule has 0 spiro atoms. The average molecular weight is 670 g/mol. The van der Waals surface area contributed by atoms with E-state index in [4.69, 9.17) is 25.8 Å². The molecule has 46 heavy (non-hydrogen) atoms. The number of aliphatic hydroxyl groups excluding tert-OH is 1. The third kappa shape index (κ3) is 8.67. The van der Waals surface area contributed by atoms with E-state index in [0.29, 0.717) is 30.3 Å². The van der Waals surface area contributed by atoms with Crippen molar-refractivity contribution >= 4 is 27.5 Å². The number of amides is 1. The summed E-state index contributed by atoms with van der Waals surface area (Å²) in [7, 11) is -2.40. The highest BCUT2D eigenvalue weighted by atomic mass is 35.5. The molecule has 0 aliphatic carbocycles. The van der Waals surface area contributed by atoms with E-state index in [-0.39, 0.29) is 48.8 Å². The lowest BCUT2D eigenvalue weighted by molar-refractivity contribution is -0.154. The van der Waals surface area contributed by atoms with E-state index in [0.717, 1.165) is 25.2 Å². The molecule has 1 N–H and O–H groups in total. The molecule has 0 bridgehead atoms. The molecule has 0 aromatic heterocycles. The second-order valence-corrected chi connectivity index (χ2v) is 13.6. The van der Waals surface area contributed by atoms with E-state index in [2.05, 4.69) is 17.0 Å². The molecular weight excluding hydrogens is 630 g/mol. The van der Waals surface area contributed by atoms with Crippen LogP contribution >= 0.6 is 11.6 Å². The van der Waals surface area contributed by atoms with Crippen LogP contribution < -0.4 is 4.74 Å². The lowest BCUT2D eigenvalue weighted by Gasteiger charge is -2.36. The Morgan fingerprint density at radius 2 is 1.67 bits per heavy atom. The summed E-state index contributed by atoms with van der Waals surface area (Å²) in [5, 5.41) is 10.2. The number of ether oxygens (including phenoxy) is 3. The minimum Gasteiger partial charge on any atom is -0.497 e. The van der Waals surface area contributed by atoms with Crippen molar-refractivity contribution in [2.45, 2.75) is 30.1 Å². The summed E-state index contributed by atoms with van der Waals surface area (Å²) in [5.41, 5.74) is 2.20. The van der Waals surface area contributed by atoms with Gasteiger partial charge in [0.05, 0.1) is 25.2 Å². The van der Waals surface area contributed by atoms with Crippen molar-refractivity contribution in [1.29, 1.82) is 0 Å². The molecule has 1 fully saturated rings. The van der Waals surface area contributed by atoms with Gasteiger partial charge in [0, 0.05) is 63.2 Å². The maximum absolute atomic E-state index is 13.7. The Labute approximate surface area is 275 Å². The van der Waals surface area contributed by atoms with Gasteiger partial charge in [0.25, 0.3) is 5.91 Å². The number of sulfonamides is 1. The molecule has 2 aliphatic heterocycles. The Kier molecular flexibility index (Phi) is 11.7. The van der Waals surface area contributed by atoms with Crippen LogP contribution in [0, 0.1) is 0 Å². The fourth-order valence-electron chi connectivity index (χ4n) is 5.61. The first-order valence-corrected chi connectivity index (χ1v) is 17.1. The number of rotatable bonds is 13. The maximum Gasteiger partial charge on any atom is 0.288 e. The van der Waals surface area contributed by atoms with E-state index < -0.39 is 16.3 Å². The number of nitrogens with zero attached hydrogens (tertiary/aromatic N) is 3. The number of carbonyl (C=O) groups excluding carboxylic acids is 1. The summed E-state index contributed by atoms with van der Waals surface area (Å²) >= 11 is 6.14. The van der Waals surface area contributed by atoms with Gasteiger partial charge in [-0.3, -0.25) is 9.69 Å². The van der Waals surface area contributed by atoms with Crippen molar-refractivity contribution in [3.63, 3.8) is 0 Å². The Balaban J connectivity index is 1.24. The highest BCUT2D eigenvalue weighted by Crippen LogP contribution is 2.33. The molecule has 12 heteroatoms. The lowest BCUT2D eigenvalue weighted by Crippen LogP contribution is -2.49. The zero-order valence-corrected chi connectivity index (χ0v) is 27.4. The van der Waals surface area contributed by atoms with Gasteiger partial charge in [-0.25, -0.2) is 8.42 Å². The highest BCUT2D eigenvalue weighted by molar-refractivity contribution is 7.89. The molecule has 246 valence electrons. The van der Waals surface area contributed by atoms with E-state index >= 15 is 0 Å². The summed E-state index contributed by atoms with van der Waals surface area (Å²) in [4.78, 5) is 17.9. The normalized spacial score (nSPS) is 19.0. The topological polar surface area (TPSA) is 109 Å². The molecule has 2 atom stereocenters. The molecule has 0 unspecified atom stereocenters. The zero-order valence-electron chi connectivity index (χ0n) is 25.8. The van der Waals surface area contributed by atoms with Gasteiger partial charge in [-0.2, -0.15) is 4.31 Å². The zero-order chi connectivity index (χ0) is 32.5. The van der Waals surface area contributed by atoms with Crippen molar-refractivity contribution in [3.8, 4) is 5.75 Å². The largest absolute Gasteiger partial charge is 0.497 e. The summed E-state index contributed by atoms with van der Waals surface area (Å²) in [6.07, 6.45) is 1.48. The van der Waals surface area contributed by atoms with E-state index in [9.17, 15) is 18.3 Å². The van der Waals surface area contributed by atoms with Gasteiger partial charge in [-0.05, 0) is 53.6 Å². The van der Waals surface area contributed by atoms with Gasteiger partial charge < -0.3 is 24.2 Å². The summed E-state index contributed by atoms with van der Waals surface area (Å²) in [6.45, 7) is 2.99. The molecule has 1 saturated heterocycles. The van der Waals surface area contributed by atoms with Crippen molar-refractivity contribution < 1.29 is 32.5 Å². The number of methoxy groups -OCH3 is 1. The van der Waals surface area contributed by atoms with Crippen LogP contribution in [0.1, 0.15) is 23.5 Å². The smallest absolute Gasteiger partial charge is 0.288 e. The molecule has 0 saturated carbocycles. The second kappa shape index (κ2) is 15.9. The molecule has 1 amide bonds. The van der Waals surface area contributed by atoms with Crippen LogP contribution in [0.4, 0.5) is 0 Å². The predicted molar refractivity (Wildman–Crippen MR) is 175 cm³/mol. The Hall–Kier alpha value is -3.45. The molecule has 10 nitrogen and oxygen atoms in total. The first-order chi connectivity index (χ1) is 22.3. The van der Waals surface area contributed by atoms with Crippen LogP contribution in [0.5, 0.6) is 5.75 Å². The summed E-state index contributed by atoms with van der Waals surface area (Å²) in [5.74, 6) is 0.375. The quantitative estimate of drug-likeness (QED) is 0.290. The van der Waals surface area contributed by atoms with Crippen LogP contribution in [0.15, 0.2) is 95.6 Å². The van der Waals surface area contributed by atoms with Crippen LogP contribution in [-0.4, -0.2) is 99.4 Å². The fourth-order valence-corrected chi connectivity index (χ4v) is 7.15. The van der Waals surface area contributed by atoms with E-state index in [1.807, 2.05) is 36.4 Å². The van der Waals surface area contributed by atoms with Crippen LogP contribution in [0.3, 0.4) is 0 Å². The lowest BCUT2D eigenvalue weighted by atomic mass is 9.93. The van der Waals surface area contributed by atoms with Crippen molar-refractivity contribution in [2.75, 3.05) is 59.6 Å². The molecule has 0 radical (unpaired) electrons. The van der Waals surface area contributed by atoms with Gasteiger partial charge in [0.1, 0.15) is 5.75 Å². The number of hydrogen-bond donors (Lipinski definition) is 1. The molecule has 5 rings (SSSR count). The first-order valence-electron chi connectivity index (χ1n) is 15.3. The van der Waals surface area contributed by atoms with Crippen LogP contribution in [0.2, 0.25) is 5.02 Å². The summed E-state index contributed by atoms with van der Waals surface area (Å²) < 4.78 is 45.1. The third-order valence-corrected chi connectivity index (χ3v) is 10.3. The number of allylic oxidation sites excluding steroid dienone is 1. The van der Waals surface area contributed by atoms with Crippen molar-refractivity contribution in [3.05, 3.63) is 107 Å². The number of hydrogen-bond acceptors (Lipinski definition) is 8. The van der Waals surface area contributed by atoms with Gasteiger partial charge >= 0.3 is 0 Å². The molecule has 3 aromatic rings. The fraction of sp³-hybridized carbons (Fsp3) is 0.382. The number of carbonyl (C=O) groups is 1. The van der Waals surface area contributed by atoms with Crippen molar-refractivity contribution in [2.24, 2.45) is 0 Å². The molecule has 2 heterocycles. The highest BCUT2D eigenvalue weighted by Gasteiger charge is 2.33. The predicted octanol–water partition coefficient (Wildman–Crippen LogP) is 4.11. The third-order valence-electron chi connectivity index (χ3n) is 8.17. The minimum atomic E-state index is -3.90. The monoisotopic (exact) mass is 669 g/mol. The maximum atomic E-state index is 13.7. The average Bonchev–Trinajstić information content (AvgIpc) is 3.08. The number of piperazine rings is 1. The Morgan fingerprint density at radius 3 is 2.33 bits per heavy atom. The summed E-state index contributed by atoms with van der Waals surface area (Å²) in [6, 6.07) is 23.8. The second-order valence-electron chi connectivity index (χ2n) is 11.2. The first kappa shape index (κ1) is 33.9. The molecular formula is C34H40ClN3O7S. The minimum absolute atomic E-state index is 0.00692. The van der Waals surface area contributed by atoms with Crippen LogP contribution in [-0.2, 0) is 30.8 Å². The van der Waals surface area contributed by atoms with Gasteiger partial charge in [0.2, 0.25) is 16.3 Å². The Bertz CT molecular complexity index is 1560.